The average molecular weight is 335 g/mol. The fourth-order valence-electron chi connectivity index (χ4n) is 2.92. The van der Waals surface area contributed by atoms with Crippen LogP contribution in [0.5, 0.6) is 0 Å². The summed E-state index contributed by atoms with van der Waals surface area (Å²) in [5.41, 5.74) is 1.97. The SMILES string of the molecule is CCC1(Cn2cc(-c3csc(N4CCOCC4)n3)nn2)COC1. The minimum absolute atomic E-state index is 0.228. The minimum Gasteiger partial charge on any atom is -0.380 e. The van der Waals surface area contributed by atoms with Crippen molar-refractivity contribution >= 4 is 16.5 Å². The molecule has 0 bridgehead atoms. The number of aromatic nitrogens is 4. The van der Waals surface area contributed by atoms with Crippen LogP contribution in [0.1, 0.15) is 13.3 Å². The van der Waals surface area contributed by atoms with Crippen LogP contribution in [0.15, 0.2) is 11.6 Å². The van der Waals surface area contributed by atoms with Crippen molar-refractivity contribution in [1.82, 2.24) is 20.0 Å². The number of hydrogen-bond acceptors (Lipinski definition) is 7. The molecular weight excluding hydrogens is 314 g/mol. The van der Waals surface area contributed by atoms with E-state index in [9.17, 15) is 0 Å². The predicted octanol–water partition coefficient (Wildman–Crippen LogP) is 1.66. The van der Waals surface area contributed by atoms with Gasteiger partial charge in [0, 0.05) is 23.9 Å². The maximum absolute atomic E-state index is 5.39. The molecule has 2 aliphatic heterocycles. The van der Waals surface area contributed by atoms with Gasteiger partial charge in [-0.05, 0) is 6.42 Å². The molecule has 2 aliphatic rings. The minimum atomic E-state index is 0.228. The Labute approximate surface area is 139 Å². The first-order valence-electron chi connectivity index (χ1n) is 8.04. The smallest absolute Gasteiger partial charge is 0.186 e. The number of hydrogen-bond donors (Lipinski definition) is 0. The van der Waals surface area contributed by atoms with E-state index >= 15 is 0 Å². The molecule has 8 heteroatoms. The fourth-order valence-corrected chi connectivity index (χ4v) is 3.79. The molecule has 0 saturated carbocycles. The number of anilines is 1. The summed E-state index contributed by atoms with van der Waals surface area (Å²) in [7, 11) is 0. The third-order valence-corrected chi connectivity index (χ3v) is 5.54. The lowest BCUT2D eigenvalue weighted by Gasteiger charge is -2.40. The summed E-state index contributed by atoms with van der Waals surface area (Å²) in [6.45, 7) is 8.04. The predicted molar refractivity (Wildman–Crippen MR) is 87.7 cm³/mol. The van der Waals surface area contributed by atoms with Gasteiger partial charge in [-0.3, -0.25) is 4.68 Å². The zero-order valence-corrected chi connectivity index (χ0v) is 14.1. The molecule has 0 unspecified atom stereocenters. The summed E-state index contributed by atoms with van der Waals surface area (Å²) in [5.74, 6) is 0. The van der Waals surface area contributed by atoms with Gasteiger partial charge in [-0.15, -0.1) is 16.4 Å². The van der Waals surface area contributed by atoms with E-state index in [2.05, 4.69) is 27.5 Å². The quantitative estimate of drug-likeness (QED) is 0.828. The largest absolute Gasteiger partial charge is 0.380 e. The Kier molecular flexibility index (Phi) is 4.04. The van der Waals surface area contributed by atoms with Gasteiger partial charge >= 0.3 is 0 Å². The molecule has 0 aromatic carbocycles. The van der Waals surface area contributed by atoms with Gasteiger partial charge < -0.3 is 14.4 Å². The highest BCUT2D eigenvalue weighted by Gasteiger charge is 2.37. The van der Waals surface area contributed by atoms with Gasteiger partial charge in [0.1, 0.15) is 11.4 Å². The molecule has 2 fully saturated rings. The molecule has 0 N–H and O–H groups in total. The van der Waals surface area contributed by atoms with Crippen molar-refractivity contribution in [1.29, 1.82) is 0 Å². The lowest BCUT2D eigenvalue weighted by Crippen LogP contribution is -2.45. The molecular formula is C15H21N5O2S. The highest BCUT2D eigenvalue weighted by Crippen LogP contribution is 2.33. The summed E-state index contributed by atoms with van der Waals surface area (Å²) in [6, 6.07) is 0. The molecule has 0 spiro atoms. The Balaban J connectivity index is 1.47. The van der Waals surface area contributed by atoms with Crippen LogP contribution in [-0.2, 0) is 16.0 Å². The van der Waals surface area contributed by atoms with E-state index in [1.807, 2.05) is 10.9 Å². The monoisotopic (exact) mass is 335 g/mol. The van der Waals surface area contributed by atoms with Crippen LogP contribution in [-0.4, -0.2) is 59.5 Å². The maximum Gasteiger partial charge on any atom is 0.186 e. The van der Waals surface area contributed by atoms with Crippen molar-refractivity contribution in [3.63, 3.8) is 0 Å². The Morgan fingerprint density at radius 3 is 2.74 bits per heavy atom. The first-order chi connectivity index (χ1) is 11.3. The van der Waals surface area contributed by atoms with Gasteiger partial charge in [-0.2, -0.15) is 0 Å². The first-order valence-corrected chi connectivity index (χ1v) is 8.92. The topological polar surface area (TPSA) is 65.3 Å². The van der Waals surface area contributed by atoms with Gasteiger partial charge in [0.25, 0.3) is 0 Å². The van der Waals surface area contributed by atoms with Crippen LogP contribution in [0.3, 0.4) is 0 Å². The van der Waals surface area contributed by atoms with E-state index in [0.29, 0.717) is 0 Å². The Morgan fingerprint density at radius 2 is 2.04 bits per heavy atom. The van der Waals surface area contributed by atoms with Crippen molar-refractivity contribution in [3.05, 3.63) is 11.6 Å². The normalized spacial score (nSPS) is 20.5. The van der Waals surface area contributed by atoms with Crippen molar-refractivity contribution in [2.24, 2.45) is 5.41 Å². The first kappa shape index (κ1) is 15.0. The zero-order chi connectivity index (χ0) is 15.7. The van der Waals surface area contributed by atoms with Crippen molar-refractivity contribution in [3.8, 4) is 11.4 Å². The Bertz CT molecular complexity index is 655. The van der Waals surface area contributed by atoms with Gasteiger partial charge in [0.05, 0.1) is 39.2 Å². The average Bonchev–Trinajstić information content (AvgIpc) is 3.21. The molecule has 2 aromatic rings. The second-order valence-electron chi connectivity index (χ2n) is 6.26. The van der Waals surface area contributed by atoms with E-state index in [1.54, 1.807) is 11.3 Å². The second-order valence-corrected chi connectivity index (χ2v) is 7.10. The Morgan fingerprint density at radius 1 is 1.22 bits per heavy atom. The third-order valence-electron chi connectivity index (χ3n) is 4.64. The third kappa shape index (κ3) is 2.98. The molecule has 4 heterocycles. The molecule has 7 nitrogen and oxygen atoms in total. The molecule has 0 aliphatic carbocycles. The Hall–Kier alpha value is -1.51. The summed E-state index contributed by atoms with van der Waals surface area (Å²) in [6.07, 6.45) is 3.09. The molecule has 124 valence electrons. The van der Waals surface area contributed by atoms with Gasteiger partial charge in [-0.25, -0.2) is 4.98 Å². The summed E-state index contributed by atoms with van der Waals surface area (Å²) >= 11 is 1.66. The number of thiazole rings is 1. The number of nitrogens with zero attached hydrogens (tertiary/aromatic N) is 5. The van der Waals surface area contributed by atoms with E-state index < -0.39 is 0 Å². The molecule has 2 saturated heterocycles. The molecule has 0 amide bonds. The van der Waals surface area contributed by atoms with Gasteiger partial charge in [0.2, 0.25) is 0 Å². The van der Waals surface area contributed by atoms with Crippen molar-refractivity contribution in [2.45, 2.75) is 19.9 Å². The highest BCUT2D eigenvalue weighted by atomic mass is 32.1. The van der Waals surface area contributed by atoms with Crippen molar-refractivity contribution < 1.29 is 9.47 Å². The number of morpholine rings is 1. The molecule has 0 radical (unpaired) electrons. The van der Waals surface area contributed by atoms with Gasteiger partial charge in [-0.1, -0.05) is 12.1 Å². The van der Waals surface area contributed by atoms with Crippen molar-refractivity contribution in [2.75, 3.05) is 44.4 Å². The van der Waals surface area contributed by atoms with Crippen LogP contribution in [0, 0.1) is 5.41 Å². The zero-order valence-electron chi connectivity index (χ0n) is 13.3. The van der Waals surface area contributed by atoms with E-state index in [4.69, 9.17) is 14.5 Å². The number of ether oxygens (including phenoxy) is 2. The van der Waals surface area contributed by atoms with Crippen LogP contribution >= 0.6 is 11.3 Å². The van der Waals surface area contributed by atoms with Crippen LogP contribution < -0.4 is 4.90 Å². The standard InChI is InChI=1S/C15H21N5O2S/c1-2-15(10-22-11-15)9-20-7-12(17-18-20)13-8-23-14(16-13)19-3-5-21-6-4-19/h7-8H,2-6,9-11H2,1H3. The van der Waals surface area contributed by atoms with Crippen LogP contribution in [0.4, 0.5) is 5.13 Å². The lowest BCUT2D eigenvalue weighted by molar-refractivity contribution is -0.125. The van der Waals surface area contributed by atoms with E-state index in [1.165, 1.54) is 0 Å². The maximum atomic E-state index is 5.39. The van der Waals surface area contributed by atoms with Gasteiger partial charge in [0.15, 0.2) is 5.13 Å². The van der Waals surface area contributed by atoms with E-state index in [0.717, 1.165) is 69.0 Å². The molecule has 0 atom stereocenters. The molecule has 23 heavy (non-hydrogen) atoms. The highest BCUT2D eigenvalue weighted by molar-refractivity contribution is 7.14. The number of rotatable bonds is 5. The molecule has 4 rings (SSSR count). The summed E-state index contributed by atoms with van der Waals surface area (Å²) in [4.78, 5) is 6.98. The van der Waals surface area contributed by atoms with Crippen LogP contribution in [0.2, 0.25) is 0 Å². The summed E-state index contributed by atoms with van der Waals surface area (Å²) in [5, 5.41) is 11.7. The fraction of sp³-hybridized carbons (Fsp3) is 0.667. The molecule has 2 aromatic heterocycles. The lowest BCUT2D eigenvalue weighted by atomic mass is 9.83. The second kappa shape index (κ2) is 6.18. The summed E-state index contributed by atoms with van der Waals surface area (Å²) < 4.78 is 12.7. The van der Waals surface area contributed by atoms with Crippen LogP contribution in [0.25, 0.3) is 11.4 Å². The van der Waals surface area contributed by atoms with E-state index in [-0.39, 0.29) is 5.41 Å².